The first kappa shape index (κ1) is 9.13. The van der Waals surface area contributed by atoms with E-state index in [1.54, 1.807) is 0 Å². The van der Waals surface area contributed by atoms with Crippen LogP contribution in [0.4, 0.5) is 8.78 Å². The Kier molecular flexibility index (Phi) is 2.43. The van der Waals surface area contributed by atoms with Crippen LogP contribution in [0.1, 0.15) is 15.9 Å². The van der Waals surface area contributed by atoms with Crippen molar-refractivity contribution in [3.8, 4) is 0 Å². The van der Waals surface area contributed by atoms with Gasteiger partial charge < -0.3 is 0 Å². The Balaban J connectivity index is 3.51. The molecule has 0 fully saturated rings. The van der Waals surface area contributed by atoms with Crippen LogP contribution in [0.15, 0.2) is 6.07 Å². The minimum absolute atomic E-state index is 0.193. The lowest BCUT2D eigenvalue weighted by Gasteiger charge is -2.02. The summed E-state index contributed by atoms with van der Waals surface area (Å²) in [5, 5.41) is -0.203. The summed E-state index contributed by atoms with van der Waals surface area (Å²) in [7, 11) is 0. The molecule has 1 rings (SSSR count). The first-order chi connectivity index (χ1) is 5.57. The van der Waals surface area contributed by atoms with Gasteiger partial charge in [-0.25, -0.2) is 8.78 Å². The molecule has 0 aliphatic rings. The molecule has 0 heterocycles. The van der Waals surface area contributed by atoms with Gasteiger partial charge in [-0.1, -0.05) is 11.6 Å². The summed E-state index contributed by atoms with van der Waals surface area (Å²) in [6.07, 6.45) is 0.268. The van der Waals surface area contributed by atoms with Crippen molar-refractivity contribution in [2.45, 2.75) is 6.92 Å². The van der Waals surface area contributed by atoms with Crippen LogP contribution in [0.3, 0.4) is 0 Å². The molecule has 12 heavy (non-hydrogen) atoms. The highest BCUT2D eigenvalue weighted by Crippen LogP contribution is 2.22. The van der Waals surface area contributed by atoms with Crippen molar-refractivity contribution in [1.29, 1.82) is 0 Å². The van der Waals surface area contributed by atoms with E-state index in [-0.39, 0.29) is 22.4 Å². The molecule has 0 aliphatic heterocycles. The van der Waals surface area contributed by atoms with Crippen LogP contribution in [0.25, 0.3) is 0 Å². The molecule has 0 atom stereocenters. The van der Waals surface area contributed by atoms with Crippen LogP contribution in [0.2, 0.25) is 5.02 Å². The topological polar surface area (TPSA) is 17.1 Å². The van der Waals surface area contributed by atoms with Crippen molar-refractivity contribution in [1.82, 2.24) is 0 Å². The molecule has 1 nitrogen and oxygen atoms in total. The molecule has 4 heteroatoms. The van der Waals surface area contributed by atoms with Gasteiger partial charge in [-0.3, -0.25) is 4.79 Å². The summed E-state index contributed by atoms with van der Waals surface area (Å²) in [5.74, 6) is -1.64. The molecule has 0 bridgehead atoms. The fourth-order valence-electron chi connectivity index (χ4n) is 0.817. The van der Waals surface area contributed by atoms with E-state index >= 15 is 0 Å². The van der Waals surface area contributed by atoms with Gasteiger partial charge in [-0.15, -0.1) is 0 Å². The van der Waals surface area contributed by atoms with E-state index < -0.39 is 11.6 Å². The van der Waals surface area contributed by atoms with Crippen LogP contribution < -0.4 is 0 Å². The SMILES string of the molecule is Cc1c(F)cc(Cl)c(C=O)c1F. The summed E-state index contributed by atoms with van der Waals surface area (Å²) in [6.45, 7) is 1.24. The van der Waals surface area contributed by atoms with E-state index in [2.05, 4.69) is 0 Å². The molecular weight excluding hydrogens is 186 g/mol. The van der Waals surface area contributed by atoms with E-state index in [0.717, 1.165) is 6.07 Å². The maximum Gasteiger partial charge on any atom is 0.154 e. The minimum atomic E-state index is -0.894. The Morgan fingerprint density at radius 3 is 2.58 bits per heavy atom. The molecule has 1 aromatic rings. The average molecular weight is 191 g/mol. The summed E-state index contributed by atoms with van der Waals surface area (Å²) >= 11 is 5.40. The Morgan fingerprint density at radius 2 is 2.08 bits per heavy atom. The number of rotatable bonds is 1. The molecule has 0 radical (unpaired) electrons. The predicted octanol–water partition coefficient (Wildman–Crippen LogP) is 2.74. The Bertz CT molecular complexity index is 336. The van der Waals surface area contributed by atoms with E-state index in [0.29, 0.717) is 0 Å². The lowest BCUT2D eigenvalue weighted by molar-refractivity contribution is 0.111. The van der Waals surface area contributed by atoms with Crippen molar-refractivity contribution in [2.24, 2.45) is 0 Å². The molecule has 0 amide bonds. The summed E-state index contributed by atoms with van der Waals surface area (Å²) in [6, 6.07) is 0.920. The van der Waals surface area contributed by atoms with Gasteiger partial charge in [0, 0.05) is 5.56 Å². The Hall–Kier alpha value is -0.960. The maximum absolute atomic E-state index is 13.0. The highest BCUT2D eigenvalue weighted by Gasteiger charge is 2.13. The zero-order valence-corrected chi connectivity index (χ0v) is 6.95. The van der Waals surface area contributed by atoms with Crippen LogP contribution in [0, 0.1) is 18.6 Å². The second-order valence-electron chi connectivity index (χ2n) is 2.31. The number of benzene rings is 1. The van der Waals surface area contributed by atoms with Crippen LogP contribution >= 0.6 is 11.6 Å². The van der Waals surface area contributed by atoms with Crippen LogP contribution in [-0.4, -0.2) is 6.29 Å². The van der Waals surface area contributed by atoms with Gasteiger partial charge in [0.2, 0.25) is 0 Å². The second kappa shape index (κ2) is 3.19. The molecule has 0 saturated carbocycles. The van der Waals surface area contributed by atoms with Gasteiger partial charge in [-0.2, -0.15) is 0 Å². The van der Waals surface area contributed by atoms with Gasteiger partial charge in [0.15, 0.2) is 6.29 Å². The van der Waals surface area contributed by atoms with E-state index in [9.17, 15) is 13.6 Å². The summed E-state index contributed by atoms with van der Waals surface area (Å²) in [5.41, 5.74) is -0.489. The highest BCUT2D eigenvalue weighted by atomic mass is 35.5. The minimum Gasteiger partial charge on any atom is -0.298 e. The van der Waals surface area contributed by atoms with Gasteiger partial charge in [0.25, 0.3) is 0 Å². The Labute approximate surface area is 73.0 Å². The van der Waals surface area contributed by atoms with Gasteiger partial charge in [-0.05, 0) is 13.0 Å². The quantitative estimate of drug-likeness (QED) is 0.623. The van der Waals surface area contributed by atoms with Crippen molar-refractivity contribution < 1.29 is 13.6 Å². The standard InChI is InChI=1S/C8H5ClF2O/c1-4-7(10)2-6(9)5(3-12)8(4)11/h2-3H,1H3. The summed E-state index contributed by atoms with van der Waals surface area (Å²) in [4.78, 5) is 10.3. The molecule has 0 unspecified atom stereocenters. The number of carbonyl (C=O) groups excluding carboxylic acids is 1. The monoisotopic (exact) mass is 190 g/mol. The van der Waals surface area contributed by atoms with Crippen LogP contribution in [-0.2, 0) is 0 Å². The number of hydrogen-bond acceptors (Lipinski definition) is 1. The number of carbonyl (C=O) groups is 1. The fraction of sp³-hybridized carbons (Fsp3) is 0.125. The molecule has 0 aromatic heterocycles. The first-order valence-corrected chi connectivity index (χ1v) is 3.55. The highest BCUT2D eigenvalue weighted by molar-refractivity contribution is 6.33. The van der Waals surface area contributed by atoms with Crippen molar-refractivity contribution in [3.05, 3.63) is 33.9 Å². The molecule has 0 N–H and O–H groups in total. The third-order valence-electron chi connectivity index (χ3n) is 1.55. The van der Waals surface area contributed by atoms with Crippen molar-refractivity contribution in [3.63, 3.8) is 0 Å². The molecule has 0 spiro atoms. The van der Waals surface area contributed by atoms with E-state index in [1.807, 2.05) is 0 Å². The predicted molar refractivity (Wildman–Crippen MR) is 41.5 cm³/mol. The Morgan fingerprint density at radius 1 is 1.50 bits per heavy atom. The largest absolute Gasteiger partial charge is 0.298 e. The zero-order valence-electron chi connectivity index (χ0n) is 6.20. The smallest absolute Gasteiger partial charge is 0.154 e. The zero-order chi connectivity index (χ0) is 9.30. The van der Waals surface area contributed by atoms with Gasteiger partial charge >= 0.3 is 0 Å². The average Bonchev–Trinajstić information content (AvgIpc) is 2.01. The van der Waals surface area contributed by atoms with Crippen molar-refractivity contribution in [2.75, 3.05) is 0 Å². The van der Waals surface area contributed by atoms with E-state index in [4.69, 9.17) is 11.6 Å². The second-order valence-corrected chi connectivity index (χ2v) is 2.72. The molecular formula is C8H5ClF2O. The third-order valence-corrected chi connectivity index (χ3v) is 1.87. The number of hydrogen-bond donors (Lipinski definition) is 0. The number of halogens is 3. The lowest BCUT2D eigenvalue weighted by Crippen LogP contribution is -1.96. The van der Waals surface area contributed by atoms with Crippen molar-refractivity contribution >= 4 is 17.9 Å². The maximum atomic E-state index is 13.0. The molecule has 0 saturated heterocycles. The summed E-state index contributed by atoms with van der Waals surface area (Å²) < 4.78 is 25.7. The lowest BCUT2D eigenvalue weighted by atomic mass is 10.1. The van der Waals surface area contributed by atoms with E-state index in [1.165, 1.54) is 6.92 Å². The normalized spacial score (nSPS) is 10.0. The van der Waals surface area contributed by atoms with Gasteiger partial charge in [0.05, 0.1) is 10.6 Å². The molecule has 0 aliphatic carbocycles. The third kappa shape index (κ3) is 1.32. The van der Waals surface area contributed by atoms with Gasteiger partial charge in [0.1, 0.15) is 11.6 Å². The first-order valence-electron chi connectivity index (χ1n) is 3.17. The molecule has 1 aromatic carbocycles. The fourth-order valence-corrected chi connectivity index (χ4v) is 1.04. The molecule has 64 valence electrons. The van der Waals surface area contributed by atoms with Crippen LogP contribution in [0.5, 0.6) is 0 Å². The number of aldehydes is 1.